The highest BCUT2D eigenvalue weighted by molar-refractivity contribution is 8.13. The average molecular weight is 422 g/mol. The maximum atomic E-state index is 11.4. The Morgan fingerprint density at radius 2 is 1.60 bits per heavy atom. The van der Waals surface area contributed by atoms with Crippen molar-refractivity contribution in [2.24, 2.45) is 0 Å². The number of halogens is 3. The molecular formula is C17H20BCl3O3S. The van der Waals surface area contributed by atoms with Crippen LogP contribution in [-0.4, -0.2) is 29.2 Å². The summed E-state index contributed by atoms with van der Waals surface area (Å²) in [5.74, 6) is 0.448. The highest BCUT2D eigenvalue weighted by atomic mass is 35.5. The topological polar surface area (TPSA) is 35.5 Å². The molecule has 0 saturated carbocycles. The highest BCUT2D eigenvalue weighted by Crippen LogP contribution is 2.40. The fourth-order valence-corrected chi connectivity index (χ4v) is 3.43. The van der Waals surface area contributed by atoms with Crippen molar-refractivity contribution >= 4 is 64.9 Å². The Morgan fingerprint density at radius 3 is 2.04 bits per heavy atom. The Kier molecular flexibility index (Phi) is 6.62. The van der Waals surface area contributed by atoms with Gasteiger partial charge in [-0.15, -0.1) is 0 Å². The fourth-order valence-electron chi connectivity index (χ4n) is 2.23. The minimum atomic E-state index is -0.551. The Labute approximate surface area is 168 Å². The lowest BCUT2D eigenvalue weighted by molar-refractivity contribution is -0.109. The lowest BCUT2D eigenvalue weighted by atomic mass is 9.78. The first-order valence-corrected chi connectivity index (χ1v) is 9.89. The molecule has 1 aliphatic heterocycles. The van der Waals surface area contributed by atoms with Crippen LogP contribution in [0.4, 0.5) is 0 Å². The van der Waals surface area contributed by atoms with Crippen molar-refractivity contribution in [1.82, 2.24) is 0 Å². The molecule has 0 amide bonds. The summed E-state index contributed by atoms with van der Waals surface area (Å²) in [5.41, 5.74) is 0.668. The molecular weight excluding hydrogens is 401 g/mol. The Morgan fingerprint density at radius 1 is 1.12 bits per heavy atom. The summed E-state index contributed by atoms with van der Waals surface area (Å²) in [6.07, 6.45) is 1.88. The van der Waals surface area contributed by atoms with Crippen LogP contribution in [0, 0.1) is 0 Å². The molecule has 0 unspecified atom stereocenters. The second kappa shape index (κ2) is 7.83. The summed E-state index contributed by atoms with van der Waals surface area (Å²) in [6.45, 7) is 9.47. The van der Waals surface area contributed by atoms with Crippen molar-refractivity contribution in [1.29, 1.82) is 0 Å². The van der Waals surface area contributed by atoms with Crippen LogP contribution in [0.2, 0.25) is 15.1 Å². The first-order valence-electron chi connectivity index (χ1n) is 7.77. The van der Waals surface area contributed by atoms with Crippen LogP contribution < -0.4 is 0 Å². The number of benzene rings is 1. The Bertz CT molecular complexity index is 680. The van der Waals surface area contributed by atoms with Gasteiger partial charge in [-0.3, -0.25) is 4.79 Å². The van der Waals surface area contributed by atoms with Gasteiger partial charge >= 0.3 is 7.12 Å². The van der Waals surface area contributed by atoms with Gasteiger partial charge in [-0.05, 0) is 50.9 Å². The molecule has 0 N–H and O–H groups in total. The van der Waals surface area contributed by atoms with Gasteiger partial charge in [0.05, 0.1) is 26.3 Å². The van der Waals surface area contributed by atoms with E-state index < -0.39 is 18.3 Å². The number of carbonyl (C=O) groups excluding carboxylic acids is 1. The van der Waals surface area contributed by atoms with Gasteiger partial charge in [0.2, 0.25) is 0 Å². The van der Waals surface area contributed by atoms with Gasteiger partial charge in [0.25, 0.3) is 0 Å². The lowest BCUT2D eigenvalue weighted by Gasteiger charge is -2.32. The average Bonchev–Trinajstić information content (AvgIpc) is 2.68. The molecule has 1 aromatic carbocycles. The summed E-state index contributed by atoms with van der Waals surface area (Å²) in [5, 5.41) is 1.08. The monoisotopic (exact) mass is 420 g/mol. The molecule has 8 heteroatoms. The quantitative estimate of drug-likeness (QED) is 0.445. The number of rotatable bonds is 4. The lowest BCUT2D eigenvalue weighted by Crippen LogP contribution is -2.41. The van der Waals surface area contributed by atoms with Crippen LogP contribution in [-0.2, 0) is 14.1 Å². The maximum Gasteiger partial charge on any atom is 0.491 e. The Balaban J connectivity index is 2.38. The van der Waals surface area contributed by atoms with E-state index in [2.05, 4.69) is 0 Å². The molecule has 0 spiro atoms. The third kappa shape index (κ3) is 4.97. The molecule has 1 fully saturated rings. The summed E-state index contributed by atoms with van der Waals surface area (Å²) >= 11 is 19.4. The maximum absolute atomic E-state index is 11.4. The van der Waals surface area contributed by atoms with Crippen LogP contribution in [0.15, 0.2) is 17.6 Å². The smallest absolute Gasteiger partial charge is 0.400 e. The van der Waals surface area contributed by atoms with Gasteiger partial charge < -0.3 is 9.31 Å². The molecule has 0 aliphatic carbocycles. The van der Waals surface area contributed by atoms with Crippen molar-refractivity contribution in [2.45, 2.75) is 45.8 Å². The van der Waals surface area contributed by atoms with E-state index in [1.54, 1.807) is 12.1 Å². The third-order valence-electron chi connectivity index (χ3n) is 4.36. The van der Waals surface area contributed by atoms with Gasteiger partial charge in [-0.2, -0.15) is 0 Å². The van der Waals surface area contributed by atoms with Crippen molar-refractivity contribution in [3.05, 3.63) is 38.2 Å². The largest absolute Gasteiger partial charge is 0.491 e. The highest BCUT2D eigenvalue weighted by Gasteiger charge is 2.52. The van der Waals surface area contributed by atoms with Gasteiger partial charge in [0.15, 0.2) is 5.12 Å². The van der Waals surface area contributed by atoms with E-state index in [0.29, 0.717) is 20.8 Å². The third-order valence-corrected chi connectivity index (χ3v) is 6.44. The van der Waals surface area contributed by atoms with E-state index in [-0.39, 0.29) is 5.12 Å². The molecule has 0 bridgehead atoms. The summed E-state index contributed by atoms with van der Waals surface area (Å²) < 4.78 is 12.2. The zero-order valence-corrected chi connectivity index (χ0v) is 17.9. The molecule has 0 radical (unpaired) electrons. The predicted molar refractivity (Wildman–Crippen MR) is 109 cm³/mol. The molecule has 2 rings (SSSR count). The second-order valence-corrected chi connectivity index (χ2v) is 9.23. The SMILES string of the molecule is CC(=O)SCC(=Cc1cc(Cl)c(Cl)c(Cl)c1)B1OC(C)(C)C(C)(C)O1. The first-order chi connectivity index (χ1) is 11.4. The van der Waals surface area contributed by atoms with Crippen molar-refractivity contribution in [3.8, 4) is 0 Å². The van der Waals surface area contributed by atoms with Crippen LogP contribution in [0.25, 0.3) is 6.08 Å². The molecule has 136 valence electrons. The van der Waals surface area contributed by atoms with Crippen LogP contribution >= 0.6 is 46.6 Å². The number of hydrogen-bond acceptors (Lipinski definition) is 4. The Hall–Kier alpha value is -0.165. The van der Waals surface area contributed by atoms with E-state index in [1.807, 2.05) is 33.8 Å². The minimum Gasteiger partial charge on any atom is -0.400 e. The standard InChI is InChI=1S/C17H20BCl3O3S/c1-10(22)25-9-12(18-23-16(2,3)17(4,5)24-18)6-11-7-13(19)15(21)14(20)8-11/h6-8H,9H2,1-5H3. The molecule has 0 atom stereocenters. The molecule has 1 heterocycles. The summed E-state index contributed by atoms with van der Waals surface area (Å²) in [7, 11) is -0.551. The molecule has 0 aromatic heterocycles. The number of hydrogen-bond donors (Lipinski definition) is 0. The van der Waals surface area contributed by atoms with Gasteiger partial charge in [-0.1, -0.05) is 52.6 Å². The zero-order valence-electron chi connectivity index (χ0n) is 14.8. The van der Waals surface area contributed by atoms with Gasteiger partial charge in [0, 0.05) is 12.7 Å². The number of carbonyl (C=O) groups is 1. The summed E-state index contributed by atoms with van der Waals surface area (Å²) in [6, 6.07) is 3.44. The second-order valence-electron chi connectivity index (χ2n) is 6.89. The van der Waals surface area contributed by atoms with E-state index in [9.17, 15) is 4.79 Å². The number of thioether (sulfide) groups is 1. The molecule has 1 aliphatic rings. The molecule has 25 heavy (non-hydrogen) atoms. The van der Waals surface area contributed by atoms with Crippen molar-refractivity contribution < 1.29 is 14.1 Å². The van der Waals surface area contributed by atoms with Gasteiger partial charge in [0.1, 0.15) is 0 Å². The van der Waals surface area contributed by atoms with E-state index in [0.717, 1.165) is 11.0 Å². The van der Waals surface area contributed by atoms with Gasteiger partial charge in [-0.25, -0.2) is 0 Å². The van der Waals surface area contributed by atoms with Crippen molar-refractivity contribution in [2.75, 3.05) is 5.75 Å². The normalized spacial score (nSPS) is 19.4. The predicted octanol–water partition coefficient (Wildman–Crippen LogP) is 5.94. The molecule has 1 saturated heterocycles. The molecule has 1 aromatic rings. The van der Waals surface area contributed by atoms with E-state index in [1.165, 1.54) is 18.7 Å². The molecule has 3 nitrogen and oxygen atoms in total. The summed E-state index contributed by atoms with van der Waals surface area (Å²) in [4.78, 5) is 11.4. The van der Waals surface area contributed by atoms with E-state index >= 15 is 0 Å². The van der Waals surface area contributed by atoms with Crippen LogP contribution in [0.1, 0.15) is 40.2 Å². The first kappa shape index (κ1) is 21.1. The van der Waals surface area contributed by atoms with E-state index in [4.69, 9.17) is 44.1 Å². The fraction of sp³-hybridized carbons (Fsp3) is 0.471. The van der Waals surface area contributed by atoms with Crippen LogP contribution in [0.3, 0.4) is 0 Å². The van der Waals surface area contributed by atoms with Crippen molar-refractivity contribution in [3.63, 3.8) is 0 Å². The zero-order chi connectivity index (χ0) is 19.0. The van der Waals surface area contributed by atoms with Crippen LogP contribution in [0.5, 0.6) is 0 Å². The minimum absolute atomic E-state index is 0.0228.